The minimum absolute atomic E-state index is 0.0344. The molecule has 1 aliphatic rings. The first-order chi connectivity index (χ1) is 17.5. The highest BCUT2D eigenvalue weighted by Gasteiger charge is 2.60. The molecule has 36 heavy (non-hydrogen) atoms. The molecule has 5 nitrogen and oxygen atoms in total. The van der Waals surface area contributed by atoms with Gasteiger partial charge in [-0.2, -0.15) is 0 Å². The van der Waals surface area contributed by atoms with Crippen molar-refractivity contribution in [3.8, 4) is 0 Å². The highest BCUT2D eigenvalue weighted by atomic mass is 16.3. The Balaban J connectivity index is 1.86. The molecule has 1 amide bonds. The van der Waals surface area contributed by atoms with Crippen molar-refractivity contribution in [1.29, 1.82) is 0 Å². The van der Waals surface area contributed by atoms with E-state index in [1.807, 2.05) is 109 Å². The molecule has 0 bridgehead atoms. The smallest absolute Gasteiger partial charge is 0.297 e. The fraction of sp³-hybridized carbons (Fsp3) is 0.0968. The number of carbonyl (C=O) groups is 2. The molecule has 0 aromatic heterocycles. The van der Waals surface area contributed by atoms with Gasteiger partial charge in [0, 0.05) is 30.4 Å². The lowest BCUT2D eigenvalue weighted by Gasteiger charge is -2.47. The number of hydrogen-bond donors (Lipinski definition) is 1. The molecular formula is C31H26N2O3. The number of anilines is 1. The highest BCUT2D eigenvalue weighted by molar-refractivity contribution is 6.47. The summed E-state index contributed by atoms with van der Waals surface area (Å²) in [6.07, 6.45) is 0. The second-order valence-electron chi connectivity index (χ2n) is 8.73. The van der Waals surface area contributed by atoms with Crippen LogP contribution in [0.15, 0.2) is 127 Å². The van der Waals surface area contributed by atoms with Crippen LogP contribution in [0.5, 0.6) is 0 Å². The lowest BCUT2D eigenvalue weighted by Crippen LogP contribution is -2.55. The first kappa shape index (κ1) is 23.1. The van der Waals surface area contributed by atoms with E-state index in [0.717, 1.165) is 11.3 Å². The molecule has 0 radical (unpaired) electrons. The summed E-state index contributed by atoms with van der Waals surface area (Å²) in [6, 6.07) is 37.5. The molecule has 0 spiro atoms. The Morgan fingerprint density at radius 3 is 1.83 bits per heavy atom. The summed E-state index contributed by atoms with van der Waals surface area (Å²) in [4.78, 5) is 31.1. The number of rotatable bonds is 6. The van der Waals surface area contributed by atoms with Gasteiger partial charge in [0.2, 0.25) is 0 Å². The van der Waals surface area contributed by atoms with Crippen LogP contribution in [0.4, 0.5) is 5.69 Å². The number of carbonyl (C=O) groups excluding carboxylic acids is 2. The second kappa shape index (κ2) is 9.55. The van der Waals surface area contributed by atoms with Crippen LogP contribution in [0, 0.1) is 0 Å². The van der Waals surface area contributed by atoms with E-state index in [1.165, 1.54) is 0 Å². The molecule has 178 valence electrons. The first-order valence-electron chi connectivity index (χ1n) is 11.8. The Morgan fingerprint density at radius 2 is 1.25 bits per heavy atom. The van der Waals surface area contributed by atoms with Crippen LogP contribution < -0.4 is 4.90 Å². The van der Waals surface area contributed by atoms with Crippen LogP contribution in [-0.4, -0.2) is 28.7 Å². The Bertz CT molecular complexity index is 1400. The summed E-state index contributed by atoms with van der Waals surface area (Å²) in [6.45, 7) is 0.184. The largest absolute Gasteiger partial charge is 0.507 e. The number of benzene rings is 4. The van der Waals surface area contributed by atoms with E-state index >= 15 is 0 Å². The number of para-hydroxylation sites is 1. The van der Waals surface area contributed by atoms with Gasteiger partial charge < -0.3 is 10.0 Å². The Hall–Kier alpha value is -4.64. The third kappa shape index (κ3) is 3.75. The van der Waals surface area contributed by atoms with Gasteiger partial charge in [0.05, 0.1) is 5.57 Å². The number of ketones is 1. The number of nitrogens with zero attached hydrogens (tertiary/aromatic N) is 2. The predicted octanol–water partition coefficient (Wildman–Crippen LogP) is 5.56. The van der Waals surface area contributed by atoms with Crippen molar-refractivity contribution >= 4 is 23.1 Å². The molecule has 1 atom stereocenters. The number of Topliss-reactive ketones (excluding diaryl/α,β-unsaturated/α-hetero) is 1. The van der Waals surface area contributed by atoms with Crippen molar-refractivity contribution in [2.24, 2.45) is 0 Å². The molecule has 1 fully saturated rings. The van der Waals surface area contributed by atoms with Crippen molar-refractivity contribution < 1.29 is 14.7 Å². The summed E-state index contributed by atoms with van der Waals surface area (Å²) in [5.74, 6) is -1.60. The van der Waals surface area contributed by atoms with Crippen LogP contribution in [-0.2, 0) is 21.8 Å². The summed E-state index contributed by atoms with van der Waals surface area (Å²) in [5, 5.41) is 11.6. The number of amides is 1. The zero-order chi connectivity index (χ0) is 25.1. The van der Waals surface area contributed by atoms with Crippen LogP contribution in [0.25, 0.3) is 5.76 Å². The van der Waals surface area contributed by atoms with Gasteiger partial charge in [-0.25, -0.2) is 0 Å². The van der Waals surface area contributed by atoms with Gasteiger partial charge in [-0.15, -0.1) is 0 Å². The highest BCUT2D eigenvalue weighted by Crippen LogP contribution is 2.49. The maximum absolute atomic E-state index is 13.8. The van der Waals surface area contributed by atoms with E-state index in [2.05, 4.69) is 0 Å². The van der Waals surface area contributed by atoms with Crippen LogP contribution in [0.2, 0.25) is 0 Å². The maximum Gasteiger partial charge on any atom is 0.297 e. The van der Waals surface area contributed by atoms with Gasteiger partial charge in [0.1, 0.15) is 5.76 Å². The van der Waals surface area contributed by atoms with Gasteiger partial charge >= 0.3 is 0 Å². The number of aliphatic hydroxyl groups is 1. The van der Waals surface area contributed by atoms with Crippen molar-refractivity contribution in [1.82, 2.24) is 4.90 Å². The lowest BCUT2D eigenvalue weighted by molar-refractivity contribution is -0.141. The van der Waals surface area contributed by atoms with E-state index < -0.39 is 17.4 Å². The van der Waals surface area contributed by atoms with Gasteiger partial charge in [0.25, 0.3) is 11.7 Å². The number of likely N-dealkylation sites (N-methyl/N-ethyl adjacent to an activating group) is 1. The van der Waals surface area contributed by atoms with Crippen LogP contribution in [0.3, 0.4) is 0 Å². The number of hydrogen-bond acceptors (Lipinski definition) is 4. The minimum atomic E-state index is -1.40. The molecule has 0 unspecified atom stereocenters. The summed E-state index contributed by atoms with van der Waals surface area (Å²) < 4.78 is 0. The standard InChI is InChI=1S/C31H26N2O3/c1-32(26-20-12-5-13-21-26)31(25-18-10-4-11-19-25)27(28(34)24-16-8-3-9-17-24)29(35)30(36)33(31)22-23-14-6-2-7-15-23/h2-21,34H,22H2,1H3/t31-/m0/s1. The molecule has 5 rings (SSSR count). The second-order valence-corrected chi connectivity index (χ2v) is 8.73. The molecule has 4 aromatic carbocycles. The van der Waals surface area contributed by atoms with E-state index in [9.17, 15) is 14.7 Å². The summed E-state index contributed by atoms with van der Waals surface area (Å²) >= 11 is 0. The zero-order valence-corrected chi connectivity index (χ0v) is 19.9. The average Bonchev–Trinajstić information content (AvgIpc) is 3.16. The molecule has 1 saturated heterocycles. The fourth-order valence-electron chi connectivity index (χ4n) is 4.99. The fourth-order valence-corrected chi connectivity index (χ4v) is 4.99. The predicted molar refractivity (Wildman–Crippen MR) is 141 cm³/mol. The Kier molecular flexibility index (Phi) is 6.13. The third-order valence-electron chi connectivity index (χ3n) is 6.68. The van der Waals surface area contributed by atoms with E-state index in [1.54, 1.807) is 29.2 Å². The number of likely N-dealkylation sites (tertiary alicyclic amines) is 1. The van der Waals surface area contributed by atoms with Crippen molar-refractivity contribution in [3.05, 3.63) is 144 Å². The summed E-state index contributed by atoms with van der Waals surface area (Å²) in [5.41, 5.74) is 1.47. The third-order valence-corrected chi connectivity index (χ3v) is 6.68. The topological polar surface area (TPSA) is 60.9 Å². The van der Waals surface area contributed by atoms with Gasteiger partial charge in [-0.3, -0.25) is 14.5 Å². The van der Waals surface area contributed by atoms with E-state index in [0.29, 0.717) is 11.1 Å². The quantitative estimate of drug-likeness (QED) is 0.226. The molecule has 5 heteroatoms. The van der Waals surface area contributed by atoms with E-state index in [-0.39, 0.29) is 17.9 Å². The molecule has 0 aliphatic carbocycles. The lowest BCUT2D eigenvalue weighted by atomic mass is 9.86. The summed E-state index contributed by atoms with van der Waals surface area (Å²) in [7, 11) is 1.85. The van der Waals surface area contributed by atoms with Crippen molar-refractivity contribution in [2.75, 3.05) is 11.9 Å². The molecule has 1 N–H and O–H groups in total. The molecule has 4 aromatic rings. The Labute approximate surface area is 210 Å². The van der Waals surface area contributed by atoms with Gasteiger partial charge in [0.15, 0.2) is 5.66 Å². The molecular weight excluding hydrogens is 448 g/mol. The monoisotopic (exact) mass is 474 g/mol. The average molecular weight is 475 g/mol. The molecule has 1 aliphatic heterocycles. The normalized spacial score (nSPS) is 18.9. The number of aliphatic hydroxyl groups excluding tert-OH is 1. The van der Waals surface area contributed by atoms with E-state index in [4.69, 9.17) is 0 Å². The van der Waals surface area contributed by atoms with Crippen molar-refractivity contribution in [2.45, 2.75) is 12.2 Å². The minimum Gasteiger partial charge on any atom is -0.507 e. The zero-order valence-electron chi connectivity index (χ0n) is 19.9. The van der Waals surface area contributed by atoms with Gasteiger partial charge in [-0.05, 0) is 17.7 Å². The maximum atomic E-state index is 13.8. The SMILES string of the molecule is CN(c1ccccc1)[C@]1(c2ccccc2)C(=C(O)c2ccccc2)C(=O)C(=O)N1Cc1ccccc1. The first-order valence-corrected chi connectivity index (χ1v) is 11.8. The Morgan fingerprint density at radius 1 is 0.750 bits per heavy atom. The van der Waals surface area contributed by atoms with Crippen molar-refractivity contribution in [3.63, 3.8) is 0 Å². The molecule has 1 heterocycles. The molecule has 0 saturated carbocycles. The van der Waals surface area contributed by atoms with Crippen LogP contribution >= 0.6 is 0 Å². The van der Waals surface area contributed by atoms with Gasteiger partial charge in [-0.1, -0.05) is 109 Å². The van der Waals surface area contributed by atoms with Crippen LogP contribution in [0.1, 0.15) is 16.7 Å².